The Balaban J connectivity index is 2.21. The van der Waals surface area contributed by atoms with Gasteiger partial charge in [-0.3, -0.25) is 4.90 Å². The van der Waals surface area contributed by atoms with Crippen LogP contribution in [-0.2, 0) is 4.74 Å². The number of likely N-dealkylation sites (tertiary alicyclic amines) is 1. The van der Waals surface area contributed by atoms with Gasteiger partial charge in [0.25, 0.3) is 0 Å². The minimum atomic E-state index is 0.620. The molecular weight excluding hydrogens is 212 g/mol. The number of hydrogen-bond acceptors (Lipinski definition) is 3. The van der Waals surface area contributed by atoms with Crippen molar-refractivity contribution in [1.82, 2.24) is 10.2 Å². The average Bonchev–Trinajstić information content (AvgIpc) is 2.74. The number of methoxy groups -OCH3 is 1. The van der Waals surface area contributed by atoms with Crippen molar-refractivity contribution >= 4 is 0 Å². The Morgan fingerprint density at radius 2 is 2.18 bits per heavy atom. The van der Waals surface area contributed by atoms with Crippen molar-refractivity contribution in [2.24, 2.45) is 11.8 Å². The standard InChI is InChI=1S/C14H30N2O/c1-5-14(11-17-4)16-7-6-13(10-16)9-15-8-12(2)3/h12-15H,5-11H2,1-4H3. The SMILES string of the molecule is CCC(COC)N1CCC(CNCC(C)C)C1. The Morgan fingerprint density at radius 3 is 2.76 bits per heavy atom. The molecule has 2 atom stereocenters. The van der Waals surface area contributed by atoms with Crippen LogP contribution < -0.4 is 5.32 Å². The van der Waals surface area contributed by atoms with E-state index < -0.39 is 0 Å². The molecule has 1 aliphatic heterocycles. The van der Waals surface area contributed by atoms with Crippen molar-refractivity contribution in [2.45, 2.75) is 39.7 Å². The maximum absolute atomic E-state index is 5.30. The van der Waals surface area contributed by atoms with Crippen molar-refractivity contribution in [1.29, 1.82) is 0 Å². The van der Waals surface area contributed by atoms with Crippen LogP contribution in [0.25, 0.3) is 0 Å². The highest BCUT2D eigenvalue weighted by atomic mass is 16.5. The Bertz CT molecular complexity index is 197. The first kappa shape index (κ1) is 14.9. The lowest BCUT2D eigenvalue weighted by Gasteiger charge is -2.26. The van der Waals surface area contributed by atoms with Crippen molar-refractivity contribution in [2.75, 3.05) is 39.9 Å². The Kier molecular flexibility index (Phi) is 7.09. The maximum atomic E-state index is 5.30. The van der Waals surface area contributed by atoms with Gasteiger partial charge in [-0.05, 0) is 44.3 Å². The van der Waals surface area contributed by atoms with E-state index in [1.54, 1.807) is 7.11 Å². The topological polar surface area (TPSA) is 24.5 Å². The van der Waals surface area contributed by atoms with E-state index in [-0.39, 0.29) is 0 Å². The molecule has 0 aromatic rings. The molecule has 0 radical (unpaired) electrons. The van der Waals surface area contributed by atoms with Gasteiger partial charge in [-0.25, -0.2) is 0 Å². The van der Waals surface area contributed by atoms with Crippen LogP contribution in [0.15, 0.2) is 0 Å². The van der Waals surface area contributed by atoms with E-state index in [9.17, 15) is 0 Å². The van der Waals surface area contributed by atoms with Gasteiger partial charge in [-0.15, -0.1) is 0 Å². The van der Waals surface area contributed by atoms with E-state index in [4.69, 9.17) is 4.74 Å². The fourth-order valence-electron chi connectivity index (χ4n) is 2.61. The molecule has 102 valence electrons. The predicted molar refractivity (Wildman–Crippen MR) is 73.3 cm³/mol. The fraction of sp³-hybridized carbons (Fsp3) is 1.00. The highest BCUT2D eigenvalue weighted by molar-refractivity contribution is 4.82. The van der Waals surface area contributed by atoms with E-state index in [1.807, 2.05) is 0 Å². The van der Waals surface area contributed by atoms with Gasteiger partial charge in [-0.2, -0.15) is 0 Å². The zero-order chi connectivity index (χ0) is 12.7. The smallest absolute Gasteiger partial charge is 0.0617 e. The van der Waals surface area contributed by atoms with Crippen LogP contribution in [0.5, 0.6) is 0 Å². The van der Waals surface area contributed by atoms with Crippen LogP contribution >= 0.6 is 0 Å². The molecule has 0 amide bonds. The maximum Gasteiger partial charge on any atom is 0.0617 e. The summed E-state index contributed by atoms with van der Waals surface area (Å²) in [4.78, 5) is 2.60. The van der Waals surface area contributed by atoms with Crippen molar-refractivity contribution in [3.63, 3.8) is 0 Å². The number of nitrogens with one attached hydrogen (secondary N) is 1. The van der Waals surface area contributed by atoms with Gasteiger partial charge < -0.3 is 10.1 Å². The third kappa shape index (κ3) is 5.36. The van der Waals surface area contributed by atoms with Crippen LogP contribution in [0, 0.1) is 11.8 Å². The molecule has 1 fully saturated rings. The molecular formula is C14H30N2O. The lowest BCUT2D eigenvalue weighted by atomic mass is 10.1. The first-order chi connectivity index (χ1) is 8.17. The zero-order valence-corrected chi connectivity index (χ0v) is 12.0. The van der Waals surface area contributed by atoms with Gasteiger partial charge in [0, 0.05) is 19.7 Å². The van der Waals surface area contributed by atoms with E-state index in [0.717, 1.165) is 25.0 Å². The first-order valence-corrected chi connectivity index (χ1v) is 7.11. The third-order valence-corrected chi connectivity index (χ3v) is 3.65. The van der Waals surface area contributed by atoms with Crippen molar-refractivity contribution in [3.05, 3.63) is 0 Å². The van der Waals surface area contributed by atoms with Crippen LogP contribution in [-0.4, -0.2) is 50.8 Å². The lowest BCUT2D eigenvalue weighted by Crippen LogP contribution is -2.37. The summed E-state index contributed by atoms with van der Waals surface area (Å²) in [6.07, 6.45) is 2.53. The molecule has 1 saturated heterocycles. The highest BCUT2D eigenvalue weighted by Crippen LogP contribution is 2.19. The summed E-state index contributed by atoms with van der Waals surface area (Å²) in [6, 6.07) is 0.620. The lowest BCUT2D eigenvalue weighted by molar-refractivity contribution is 0.100. The molecule has 1 rings (SSSR count). The molecule has 0 aromatic carbocycles. The summed E-state index contributed by atoms with van der Waals surface area (Å²) in [5, 5.41) is 3.58. The molecule has 0 saturated carbocycles. The van der Waals surface area contributed by atoms with Gasteiger partial charge in [0.2, 0.25) is 0 Å². The summed E-state index contributed by atoms with van der Waals surface area (Å²) >= 11 is 0. The molecule has 0 aliphatic carbocycles. The predicted octanol–water partition coefficient (Wildman–Crippen LogP) is 1.98. The quantitative estimate of drug-likeness (QED) is 0.704. The van der Waals surface area contributed by atoms with Gasteiger partial charge in [0.1, 0.15) is 0 Å². The van der Waals surface area contributed by atoms with Gasteiger partial charge in [0.05, 0.1) is 6.61 Å². The molecule has 17 heavy (non-hydrogen) atoms. The Hall–Kier alpha value is -0.120. The molecule has 2 unspecified atom stereocenters. The van der Waals surface area contributed by atoms with Crippen LogP contribution in [0.2, 0.25) is 0 Å². The van der Waals surface area contributed by atoms with E-state index in [0.29, 0.717) is 6.04 Å². The highest BCUT2D eigenvalue weighted by Gasteiger charge is 2.26. The van der Waals surface area contributed by atoms with E-state index in [1.165, 1.54) is 32.5 Å². The number of ether oxygens (including phenoxy) is 1. The molecule has 3 heteroatoms. The van der Waals surface area contributed by atoms with Crippen LogP contribution in [0.3, 0.4) is 0 Å². The summed E-state index contributed by atoms with van der Waals surface area (Å²) in [5.41, 5.74) is 0. The number of hydrogen-bond donors (Lipinski definition) is 1. The van der Waals surface area contributed by atoms with Gasteiger partial charge >= 0.3 is 0 Å². The van der Waals surface area contributed by atoms with E-state index >= 15 is 0 Å². The second-order valence-corrected chi connectivity index (χ2v) is 5.72. The monoisotopic (exact) mass is 242 g/mol. The summed E-state index contributed by atoms with van der Waals surface area (Å²) in [7, 11) is 1.81. The molecule has 1 heterocycles. The second-order valence-electron chi connectivity index (χ2n) is 5.72. The molecule has 3 nitrogen and oxygen atoms in total. The summed E-state index contributed by atoms with van der Waals surface area (Å²) in [6.45, 7) is 12.5. The van der Waals surface area contributed by atoms with Crippen molar-refractivity contribution < 1.29 is 4.74 Å². The Labute approximate surface area is 107 Å². The Morgan fingerprint density at radius 1 is 1.41 bits per heavy atom. The summed E-state index contributed by atoms with van der Waals surface area (Å²) in [5.74, 6) is 1.59. The van der Waals surface area contributed by atoms with Crippen LogP contribution in [0.4, 0.5) is 0 Å². The minimum absolute atomic E-state index is 0.620. The number of nitrogens with zero attached hydrogens (tertiary/aromatic N) is 1. The molecule has 1 aliphatic rings. The normalized spacial score (nSPS) is 23.5. The summed E-state index contributed by atoms with van der Waals surface area (Å²) < 4.78 is 5.30. The number of rotatable bonds is 8. The van der Waals surface area contributed by atoms with Gasteiger partial charge in [-0.1, -0.05) is 20.8 Å². The molecule has 1 N–H and O–H groups in total. The van der Waals surface area contributed by atoms with Crippen LogP contribution in [0.1, 0.15) is 33.6 Å². The third-order valence-electron chi connectivity index (χ3n) is 3.65. The zero-order valence-electron chi connectivity index (χ0n) is 12.0. The second kappa shape index (κ2) is 8.06. The largest absolute Gasteiger partial charge is 0.383 e. The van der Waals surface area contributed by atoms with Gasteiger partial charge in [0.15, 0.2) is 0 Å². The van der Waals surface area contributed by atoms with E-state index in [2.05, 4.69) is 31.0 Å². The molecule has 0 bridgehead atoms. The minimum Gasteiger partial charge on any atom is -0.383 e. The van der Waals surface area contributed by atoms with Crippen molar-refractivity contribution in [3.8, 4) is 0 Å². The average molecular weight is 242 g/mol. The molecule has 0 aromatic heterocycles. The first-order valence-electron chi connectivity index (χ1n) is 7.11. The fourth-order valence-corrected chi connectivity index (χ4v) is 2.61. The molecule has 0 spiro atoms.